The molecule has 10 heteroatoms. The number of hydrogen-bond acceptors (Lipinski definition) is 7. The molecule has 0 unspecified atom stereocenters. The zero-order valence-electron chi connectivity index (χ0n) is 18.2. The van der Waals surface area contributed by atoms with E-state index in [1.54, 1.807) is 34.8 Å². The predicted molar refractivity (Wildman–Crippen MR) is 127 cm³/mol. The summed E-state index contributed by atoms with van der Waals surface area (Å²) in [6, 6.07) is 7.46. The van der Waals surface area contributed by atoms with Gasteiger partial charge >= 0.3 is 6.09 Å². The first-order chi connectivity index (χ1) is 15.4. The van der Waals surface area contributed by atoms with Crippen LogP contribution in [0.5, 0.6) is 5.75 Å². The van der Waals surface area contributed by atoms with Gasteiger partial charge in [0.15, 0.2) is 0 Å². The molecule has 2 saturated heterocycles. The third kappa shape index (κ3) is 6.01. The molecule has 0 spiro atoms. The number of piperazine rings is 1. The Kier molecular flexibility index (Phi) is 8.52. The second-order valence-electron chi connectivity index (χ2n) is 7.28. The Morgan fingerprint density at radius 3 is 2.59 bits per heavy atom. The van der Waals surface area contributed by atoms with E-state index in [2.05, 4.69) is 0 Å². The van der Waals surface area contributed by atoms with Crippen molar-refractivity contribution in [3.63, 3.8) is 0 Å². The highest BCUT2D eigenvalue weighted by atomic mass is 32.2. The van der Waals surface area contributed by atoms with Crippen LogP contribution in [-0.2, 0) is 14.3 Å². The van der Waals surface area contributed by atoms with E-state index in [4.69, 9.17) is 21.7 Å². The lowest BCUT2D eigenvalue weighted by molar-refractivity contribution is -0.133. The van der Waals surface area contributed by atoms with Crippen LogP contribution < -0.4 is 4.74 Å². The van der Waals surface area contributed by atoms with E-state index in [0.717, 1.165) is 11.3 Å². The molecule has 0 atom stereocenters. The number of amides is 3. The molecule has 2 aliphatic rings. The molecular formula is C22H27N3O5S2. The zero-order valence-corrected chi connectivity index (χ0v) is 19.9. The molecule has 32 heavy (non-hydrogen) atoms. The maximum atomic E-state index is 12.8. The highest BCUT2D eigenvalue weighted by Gasteiger charge is 2.32. The Bertz CT molecular complexity index is 913. The second kappa shape index (κ2) is 11.3. The molecule has 2 heterocycles. The highest BCUT2D eigenvalue weighted by Crippen LogP contribution is 2.33. The molecule has 0 radical (unpaired) electrons. The van der Waals surface area contributed by atoms with Crippen molar-refractivity contribution < 1.29 is 23.9 Å². The van der Waals surface area contributed by atoms with Crippen molar-refractivity contribution in [2.45, 2.75) is 19.8 Å². The van der Waals surface area contributed by atoms with Crippen molar-refractivity contribution >= 4 is 52.3 Å². The lowest BCUT2D eigenvalue weighted by Gasteiger charge is -2.34. The first-order valence-electron chi connectivity index (χ1n) is 10.5. The molecule has 2 fully saturated rings. The third-order valence-corrected chi connectivity index (χ3v) is 6.57. The molecule has 1 aromatic carbocycles. The molecule has 1 aromatic rings. The summed E-state index contributed by atoms with van der Waals surface area (Å²) >= 11 is 6.65. The average Bonchev–Trinajstić information content (AvgIpc) is 3.06. The molecule has 0 bridgehead atoms. The van der Waals surface area contributed by atoms with Crippen LogP contribution in [-0.4, -0.2) is 83.4 Å². The third-order valence-electron chi connectivity index (χ3n) is 5.20. The van der Waals surface area contributed by atoms with Gasteiger partial charge in [-0.05, 0) is 37.1 Å². The summed E-state index contributed by atoms with van der Waals surface area (Å²) in [4.78, 5) is 42.6. The summed E-state index contributed by atoms with van der Waals surface area (Å²) in [5, 5.41) is 0. The number of carbonyl (C=O) groups excluding carboxylic acids is 3. The molecular weight excluding hydrogens is 450 g/mol. The van der Waals surface area contributed by atoms with E-state index < -0.39 is 0 Å². The smallest absolute Gasteiger partial charge is 0.409 e. The molecule has 0 saturated carbocycles. The lowest BCUT2D eigenvalue weighted by Crippen LogP contribution is -2.50. The normalized spacial score (nSPS) is 17.8. The average molecular weight is 478 g/mol. The topological polar surface area (TPSA) is 79.4 Å². The monoisotopic (exact) mass is 477 g/mol. The first kappa shape index (κ1) is 24.1. The van der Waals surface area contributed by atoms with Gasteiger partial charge in [-0.3, -0.25) is 14.5 Å². The number of thioether (sulfide) groups is 1. The molecule has 0 N–H and O–H groups in total. The maximum absolute atomic E-state index is 12.8. The van der Waals surface area contributed by atoms with Crippen molar-refractivity contribution in [3.05, 3.63) is 34.7 Å². The number of rotatable bonds is 7. The number of methoxy groups -OCH3 is 1. The van der Waals surface area contributed by atoms with Gasteiger partial charge in [0.1, 0.15) is 10.1 Å². The zero-order chi connectivity index (χ0) is 23.1. The number of nitrogens with zero attached hydrogens (tertiary/aromatic N) is 3. The molecule has 0 aliphatic carbocycles. The van der Waals surface area contributed by atoms with E-state index in [-0.39, 0.29) is 17.9 Å². The van der Waals surface area contributed by atoms with Gasteiger partial charge in [-0.2, -0.15) is 0 Å². The van der Waals surface area contributed by atoms with Crippen LogP contribution in [0.1, 0.15) is 25.3 Å². The Morgan fingerprint density at radius 2 is 1.91 bits per heavy atom. The number of benzene rings is 1. The van der Waals surface area contributed by atoms with Gasteiger partial charge in [-0.25, -0.2) is 4.79 Å². The van der Waals surface area contributed by atoms with E-state index >= 15 is 0 Å². The van der Waals surface area contributed by atoms with E-state index in [1.807, 2.05) is 24.3 Å². The van der Waals surface area contributed by atoms with Crippen molar-refractivity contribution in [2.24, 2.45) is 0 Å². The lowest BCUT2D eigenvalue weighted by atomic mass is 10.2. The first-order valence-corrected chi connectivity index (χ1v) is 11.7. The molecule has 2 aliphatic heterocycles. The minimum atomic E-state index is -0.337. The minimum absolute atomic E-state index is 0.0193. The van der Waals surface area contributed by atoms with Gasteiger partial charge in [0.25, 0.3) is 5.91 Å². The number of thiocarbonyl (C=S) groups is 1. The fourth-order valence-electron chi connectivity index (χ4n) is 3.48. The van der Waals surface area contributed by atoms with Gasteiger partial charge in [-0.15, -0.1) is 0 Å². The second-order valence-corrected chi connectivity index (χ2v) is 8.96. The summed E-state index contributed by atoms with van der Waals surface area (Å²) < 4.78 is 10.7. The Balaban J connectivity index is 1.47. The van der Waals surface area contributed by atoms with Crippen molar-refractivity contribution in [3.8, 4) is 5.75 Å². The fraction of sp³-hybridized carbons (Fsp3) is 0.455. The summed E-state index contributed by atoms with van der Waals surface area (Å²) in [6.45, 7) is 4.41. The molecule has 0 aromatic heterocycles. The predicted octanol–water partition coefficient (Wildman–Crippen LogP) is 2.98. The number of hydrogen-bond donors (Lipinski definition) is 0. The molecule has 172 valence electrons. The van der Waals surface area contributed by atoms with Gasteiger partial charge in [-0.1, -0.05) is 36.1 Å². The summed E-state index contributed by atoms with van der Waals surface area (Å²) in [6.07, 6.45) is 2.31. The van der Waals surface area contributed by atoms with Crippen molar-refractivity contribution in [1.82, 2.24) is 14.7 Å². The van der Waals surface area contributed by atoms with Gasteiger partial charge < -0.3 is 19.3 Å². The van der Waals surface area contributed by atoms with E-state index in [9.17, 15) is 14.4 Å². The van der Waals surface area contributed by atoms with E-state index in [0.29, 0.717) is 61.4 Å². The summed E-state index contributed by atoms with van der Waals surface area (Å²) in [5.41, 5.74) is 0.863. The number of ether oxygens (including phenoxy) is 2. The minimum Gasteiger partial charge on any atom is -0.497 e. The van der Waals surface area contributed by atoms with Crippen LogP contribution in [0.15, 0.2) is 29.2 Å². The van der Waals surface area contributed by atoms with Crippen LogP contribution in [0.2, 0.25) is 0 Å². The Labute approximate surface area is 197 Å². The summed E-state index contributed by atoms with van der Waals surface area (Å²) in [5.74, 6) is 0.597. The Hall–Kier alpha value is -2.59. The fourth-order valence-corrected chi connectivity index (χ4v) is 4.78. The standard InChI is InChI=1S/C22H27N3O5S2/c1-3-30-21(28)24-12-10-23(11-13-24)19(26)8-5-9-25-20(27)18(32-22(25)31)15-16-6-4-7-17(14-16)29-2/h4,6-7,14-15H,3,5,8-13H2,1-2H3. The number of carbonyl (C=O) groups is 3. The molecule has 3 amide bonds. The van der Waals surface area contributed by atoms with Crippen LogP contribution >= 0.6 is 24.0 Å². The van der Waals surface area contributed by atoms with Gasteiger partial charge in [0.2, 0.25) is 5.91 Å². The van der Waals surface area contributed by atoms with Crippen LogP contribution in [0, 0.1) is 0 Å². The summed E-state index contributed by atoms with van der Waals surface area (Å²) in [7, 11) is 1.60. The van der Waals surface area contributed by atoms with Crippen molar-refractivity contribution in [1.29, 1.82) is 0 Å². The SMILES string of the molecule is CCOC(=O)N1CCN(C(=O)CCCN2C(=O)C(=Cc3cccc(OC)c3)SC2=S)CC1. The molecule has 3 rings (SSSR count). The highest BCUT2D eigenvalue weighted by molar-refractivity contribution is 8.26. The van der Waals surface area contributed by atoms with Gasteiger partial charge in [0.05, 0.1) is 18.6 Å². The van der Waals surface area contributed by atoms with E-state index in [1.165, 1.54) is 11.8 Å². The van der Waals surface area contributed by atoms with Crippen LogP contribution in [0.3, 0.4) is 0 Å². The quantitative estimate of drug-likeness (QED) is 0.441. The van der Waals surface area contributed by atoms with Crippen molar-refractivity contribution in [2.75, 3.05) is 46.4 Å². The maximum Gasteiger partial charge on any atom is 0.409 e. The Morgan fingerprint density at radius 1 is 1.19 bits per heavy atom. The van der Waals surface area contributed by atoms with Gasteiger partial charge in [0, 0.05) is 39.1 Å². The van der Waals surface area contributed by atoms with Crippen LogP contribution in [0.25, 0.3) is 6.08 Å². The largest absolute Gasteiger partial charge is 0.497 e. The van der Waals surface area contributed by atoms with Crippen LogP contribution in [0.4, 0.5) is 4.79 Å². The molecule has 8 nitrogen and oxygen atoms in total.